The highest BCUT2D eigenvalue weighted by atomic mass is 32.2. The number of aryl methyl sites for hydroxylation is 1. The van der Waals surface area contributed by atoms with E-state index in [1.807, 2.05) is 6.92 Å². The summed E-state index contributed by atoms with van der Waals surface area (Å²) in [4.78, 5) is 16.2. The lowest BCUT2D eigenvalue weighted by atomic mass is 10.1. The van der Waals surface area contributed by atoms with Crippen LogP contribution < -0.4 is 10.3 Å². The van der Waals surface area contributed by atoms with Gasteiger partial charge in [0.2, 0.25) is 0 Å². The van der Waals surface area contributed by atoms with Crippen molar-refractivity contribution in [1.29, 1.82) is 0 Å². The Balaban J connectivity index is 2.15. The van der Waals surface area contributed by atoms with Gasteiger partial charge in [-0.25, -0.2) is 4.98 Å². The summed E-state index contributed by atoms with van der Waals surface area (Å²) in [6, 6.07) is 5.10. The zero-order valence-corrected chi connectivity index (χ0v) is 15.6. The van der Waals surface area contributed by atoms with E-state index in [4.69, 9.17) is 4.74 Å². The van der Waals surface area contributed by atoms with Gasteiger partial charge in [-0.1, -0.05) is 13.0 Å². The van der Waals surface area contributed by atoms with Gasteiger partial charge in [-0.3, -0.25) is 9.20 Å². The van der Waals surface area contributed by atoms with Crippen LogP contribution in [0.25, 0.3) is 16.8 Å². The number of thioether (sulfide) groups is 1. The Bertz CT molecular complexity index is 1010. The zero-order valence-electron chi connectivity index (χ0n) is 14.8. The Kier molecular flexibility index (Phi) is 5.50. The molecule has 0 aliphatic rings. The molecule has 0 saturated heterocycles. The number of halogens is 3. The maximum absolute atomic E-state index is 12.7. The van der Waals surface area contributed by atoms with Crippen LogP contribution >= 0.6 is 11.8 Å². The first-order valence-electron chi connectivity index (χ1n) is 8.22. The van der Waals surface area contributed by atoms with Crippen molar-refractivity contribution in [2.45, 2.75) is 18.9 Å². The Morgan fingerprint density at radius 2 is 2.07 bits per heavy atom. The fourth-order valence-corrected chi connectivity index (χ4v) is 3.32. The van der Waals surface area contributed by atoms with Gasteiger partial charge in [0.05, 0.1) is 18.2 Å². The van der Waals surface area contributed by atoms with Crippen LogP contribution in [-0.2, 0) is 12.8 Å². The first-order chi connectivity index (χ1) is 12.8. The number of hydrogen-bond donors (Lipinski definition) is 0. The van der Waals surface area contributed by atoms with E-state index in [1.54, 1.807) is 47.6 Å². The number of aromatic nitrogens is 3. The summed E-state index contributed by atoms with van der Waals surface area (Å²) in [5, 5.41) is 0. The minimum absolute atomic E-state index is 0.103. The number of benzene rings is 1. The number of nitrogens with zero attached hydrogens (tertiary/aromatic N) is 3. The Morgan fingerprint density at radius 1 is 1.30 bits per heavy atom. The van der Waals surface area contributed by atoms with Crippen molar-refractivity contribution in [3.05, 3.63) is 52.8 Å². The molecule has 3 rings (SSSR count). The average Bonchev–Trinajstić information content (AvgIpc) is 3.11. The van der Waals surface area contributed by atoms with Crippen LogP contribution in [0.5, 0.6) is 5.75 Å². The molecule has 0 bridgehead atoms. The standard InChI is InChI=1S/C18H18F3N3O2S/c1-3-27-9-12-4-5-16(26-10-18(19,20)21)13(6-12)15-8-23(2)17(25)14-7-22-11-24(14)15/h4-8,11H,3,9-10H2,1-2H3. The molecule has 9 heteroatoms. The second-order valence-electron chi connectivity index (χ2n) is 5.95. The molecule has 5 nitrogen and oxygen atoms in total. The van der Waals surface area contributed by atoms with Gasteiger partial charge < -0.3 is 9.30 Å². The van der Waals surface area contributed by atoms with Crippen LogP contribution in [0.2, 0.25) is 0 Å². The van der Waals surface area contributed by atoms with Crippen molar-refractivity contribution >= 4 is 17.3 Å². The average molecular weight is 397 g/mol. The van der Waals surface area contributed by atoms with Crippen LogP contribution in [0.4, 0.5) is 13.2 Å². The summed E-state index contributed by atoms with van der Waals surface area (Å²) in [5.41, 5.74) is 2.06. The van der Waals surface area contributed by atoms with Crippen LogP contribution in [0.15, 0.2) is 41.7 Å². The number of alkyl halides is 3. The highest BCUT2D eigenvalue weighted by Gasteiger charge is 2.29. The molecular formula is C18H18F3N3O2S. The normalized spacial score (nSPS) is 11.9. The largest absolute Gasteiger partial charge is 0.483 e. The van der Waals surface area contributed by atoms with Gasteiger partial charge in [0, 0.05) is 24.6 Å². The number of hydrogen-bond acceptors (Lipinski definition) is 4. The molecule has 0 aliphatic carbocycles. The third kappa shape index (κ3) is 4.29. The molecule has 0 aliphatic heterocycles. The van der Waals surface area contributed by atoms with E-state index in [2.05, 4.69) is 4.98 Å². The Labute approximate surface area is 157 Å². The van der Waals surface area contributed by atoms with E-state index < -0.39 is 12.8 Å². The highest BCUT2D eigenvalue weighted by molar-refractivity contribution is 7.98. The van der Waals surface area contributed by atoms with Gasteiger partial charge in [-0.15, -0.1) is 0 Å². The Hall–Kier alpha value is -2.42. The summed E-state index contributed by atoms with van der Waals surface area (Å²) < 4.78 is 46.0. The van der Waals surface area contributed by atoms with Gasteiger partial charge in [0.25, 0.3) is 5.56 Å². The number of rotatable bonds is 6. The minimum atomic E-state index is -4.44. The number of fused-ring (bicyclic) bond motifs is 1. The van der Waals surface area contributed by atoms with Gasteiger partial charge >= 0.3 is 6.18 Å². The molecule has 3 aromatic rings. The predicted molar refractivity (Wildman–Crippen MR) is 99.3 cm³/mol. The second-order valence-corrected chi connectivity index (χ2v) is 7.23. The van der Waals surface area contributed by atoms with E-state index in [0.717, 1.165) is 17.1 Å². The SMILES string of the molecule is CCSCc1ccc(OCC(F)(F)F)c(-c2cn(C)c(=O)c3cncn23)c1. The fraction of sp³-hybridized carbons (Fsp3) is 0.333. The molecule has 0 unspecified atom stereocenters. The first-order valence-corrected chi connectivity index (χ1v) is 9.38. The summed E-state index contributed by atoms with van der Waals surface area (Å²) in [6.45, 7) is 0.649. The lowest BCUT2D eigenvalue weighted by molar-refractivity contribution is -0.153. The molecule has 0 fully saturated rings. The zero-order chi connectivity index (χ0) is 19.6. The third-order valence-electron chi connectivity index (χ3n) is 3.94. The summed E-state index contributed by atoms with van der Waals surface area (Å²) in [7, 11) is 1.59. The van der Waals surface area contributed by atoms with Gasteiger partial charge in [0.1, 0.15) is 11.3 Å². The van der Waals surface area contributed by atoms with Crippen molar-refractivity contribution in [3.8, 4) is 17.0 Å². The second kappa shape index (κ2) is 7.67. The van der Waals surface area contributed by atoms with Gasteiger partial charge in [-0.05, 0) is 23.4 Å². The molecule has 0 amide bonds. The van der Waals surface area contributed by atoms with Crippen molar-refractivity contribution in [3.63, 3.8) is 0 Å². The third-order valence-corrected chi connectivity index (χ3v) is 4.88. The van der Waals surface area contributed by atoms with Gasteiger partial charge in [0.15, 0.2) is 6.61 Å². The highest BCUT2D eigenvalue weighted by Crippen LogP contribution is 2.33. The van der Waals surface area contributed by atoms with Crippen LogP contribution in [-0.4, -0.2) is 32.5 Å². The summed E-state index contributed by atoms with van der Waals surface area (Å²) in [5.74, 6) is 1.75. The van der Waals surface area contributed by atoms with Crippen LogP contribution in [0.3, 0.4) is 0 Å². The van der Waals surface area contributed by atoms with E-state index in [1.165, 1.54) is 17.1 Å². The summed E-state index contributed by atoms with van der Waals surface area (Å²) >= 11 is 1.70. The quantitative estimate of drug-likeness (QED) is 0.633. The topological polar surface area (TPSA) is 48.5 Å². The molecule has 0 radical (unpaired) electrons. The van der Waals surface area contributed by atoms with E-state index in [-0.39, 0.29) is 11.3 Å². The monoisotopic (exact) mass is 397 g/mol. The van der Waals surface area contributed by atoms with Crippen LogP contribution in [0, 0.1) is 0 Å². The Morgan fingerprint density at radius 3 is 2.78 bits per heavy atom. The maximum Gasteiger partial charge on any atom is 0.422 e. The molecule has 1 aromatic carbocycles. The van der Waals surface area contributed by atoms with Crippen molar-refractivity contribution in [2.75, 3.05) is 12.4 Å². The molecule has 0 atom stereocenters. The minimum Gasteiger partial charge on any atom is -0.483 e. The van der Waals surface area contributed by atoms with E-state index >= 15 is 0 Å². The first kappa shape index (κ1) is 19.3. The van der Waals surface area contributed by atoms with Crippen molar-refractivity contribution < 1.29 is 17.9 Å². The molecule has 0 saturated carbocycles. The predicted octanol–water partition coefficient (Wildman–Crippen LogP) is 3.89. The lowest BCUT2D eigenvalue weighted by Gasteiger charge is -2.16. The molecular weight excluding hydrogens is 379 g/mol. The molecule has 144 valence electrons. The van der Waals surface area contributed by atoms with Gasteiger partial charge in [-0.2, -0.15) is 24.9 Å². The van der Waals surface area contributed by atoms with Crippen molar-refractivity contribution in [2.24, 2.45) is 7.05 Å². The molecule has 27 heavy (non-hydrogen) atoms. The maximum atomic E-state index is 12.7. The molecule has 0 spiro atoms. The fourth-order valence-electron chi connectivity index (χ4n) is 2.70. The molecule has 2 aromatic heterocycles. The van der Waals surface area contributed by atoms with Crippen LogP contribution in [0.1, 0.15) is 12.5 Å². The summed E-state index contributed by atoms with van der Waals surface area (Å²) in [6.07, 6.45) is 0.0251. The number of ether oxygens (including phenoxy) is 1. The van der Waals surface area contributed by atoms with E-state index in [9.17, 15) is 18.0 Å². The van der Waals surface area contributed by atoms with Crippen molar-refractivity contribution in [1.82, 2.24) is 14.0 Å². The van der Waals surface area contributed by atoms with E-state index in [0.29, 0.717) is 16.8 Å². The molecule has 0 N–H and O–H groups in total. The lowest BCUT2D eigenvalue weighted by Crippen LogP contribution is -2.20. The number of imidazole rings is 1. The smallest absolute Gasteiger partial charge is 0.422 e. The molecule has 2 heterocycles.